The molecule has 1 aliphatic rings. The molecule has 9 aromatic rings. The van der Waals surface area contributed by atoms with Crippen LogP contribution in [0.4, 0.5) is 0 Å². The van der Waals surface area contributed by atoms with E-state index in [1.54, 1.807) is 0 Å². The second kappa shape index (κ2) is 9.44. The molecule has 0 aliphatic carbocycles. The van der Waals surface area contributed by atoms with E-state index in [0.717, 1.165) is 87.6 Å². The molecule has 0 spiro atoms. The Balaban J connectivity index is 1.25. The van der Waals surface area contributed by atoms with Crippen molar-refractivity contribution >= 4 is 66.8 Å². The molecule has 0 N–H and O–H groups in total. The number of aromatic nitrogens is 1. The van der Waals surface area contributed by atoms with Crippen molar-refractivity contribution < 1.29 is 8.98 Å². The van der Waals surface area contributed by atoms with Gasteiger partial charge in [0.1, 0.15) is 11.2 Å². The normalized spacial score (nSPS) is 15.6. The van der Waals surface area contributed by atoms with Gasteiger partial charge >= 0.3 is 0 Å². The Bertz CT molecular complexity index is 2720. The third kappa shape index (κ3) is 3.36. The summed E-state index contributed by atoms with van der Waals surface area (Å²) in [6.45, 7) is 0. The van der Waals surface area contributed by atoms with Crippen LogP contribution >= 0.6 is 7.14 Å². The number of hydrogen-bond acceptors (Lipinski definition) is 2. The quantitative estimate of drug-likeness (QED) is 0.187. The van der Waals surface area contributed by atoms with Crippen LogP contribution in [-0.2, 0) is 4.57 Å². The van der Waals surface area contributed by atoms with Crippen molar-refractivity contribution in [2.24, 2.45) is 0 Å². The Kier molecular flexibility index (Phi) is 5.27. The van der Waals surface area contributed by atoms with Gasteiger partial charge in [-0.2, -0.15) is 0 Å². The first-order valence-corrected chi connectivity index (χ1v) is 17.3. The molecule has 3 nitrogen and oxygen atoms in total. The van der Waals surface area contributed by atoms with Crippen LogP contribution in [0.3, 0.4) is 0 Å². The highest BCUT2D eigenvalue weighted by molar-refractivity contribution is 7.86. The lowest BCUT2D eigenvalue weighted by atomic mass is 9.99. The van der Waals surface area contributed by atoms with Gasteiger partial charge in [-0.3, -0.25) is 0 Å². The average Bonchev–Trinajstić information content (AvgIpc) is 3.75. The summed E-state index contributed by atoms with van der Waals surface area (Å²) < 4.78 is 24.3. The van der Waals surface area contributed by atoms with Crippen LogP contribution in [0.25, 0.3) is 71.7 Å². The maximum absolute atomic E-state index is 15.8. The van der Waals surface area contributed by atoms with Crippen LogP contribution in [0.1, 0.15) is 0 Å². The summed E-state index contributed by atoms with van der Waals surface area (Å²) in [6, 6.07) is 54.4. The summed E-state index contributed by atoms with van der Waals surface area (Å²) in [6.07, 6.45) is 0. The van der Waals surface area contributed by atoms with Gasteiger partial charge in [0.25, 0.3) is 0 Å². The highest BCUT2D eigenvalue weighted by Crippen LogP contribution is 2.55. The topological polar surface area (TPSA) is 35.1 Å². The molecular formula is C42H26NO2P. The molecule has 7 aromatic carbocycles. The van der Waals surface area contributed by atoms with Gasteiger partial charge in [-0.15, -0.1) is 0 Å². The van der Waals surface area contributed by atoms with Crippen LogP contribution in [0.15, 0.2) is 162 Å². The predicted molar refractivity (Wildman–Crippen MR) is 192 cm³/mol. The first-order valence-electron chi connectivity index (χ1n) is 15.6. The van der Waals surface area contributed by atoms with Gasteiger partial charge in [0, 0.05) is 37.8 Å². The first-order chi connectivity index (χ1) is 22.7. The molecule has 10 rings (SSSR count). The van der Waals surface area contributed by atoms with E-state index >= 15 is 4.57 Å². The SMILES string of the molecule is O=P1(c2ccccc2)c2ccccc2-c2ccc3c4ccccc4n(-c4ccc(-c5cccc6oc7ccccc7c56)cc4)c3c21. The molecule has 0 saturated heterocycles. The molecule has 3 heterocycles. The van der Waals surface area contributed by atoms with Crippen molar-refractivity contribution in [3.63, 3.8) is 0 Å². The van der Waals surface area contributed by atoms with Gasteiger partial charge in [0.15, 0.2) is 7.14 Å². The summed E-state index contributed by atoms with van der Waals surface area (Å²) in [5, 5.41) is 7.20. The fraction of sp³-hybridized carbons (Fsp3) is 0. The van der Waals surface area contributed by atoms with E-state index in [0.29, 0.717) is 0 Å². The van der Waals surface area contributed by atoms with Gasteiger partial charge in [0.05, 0.1) is 16.3 Å². The lowest BCUT2D eigenvalue weighted by Gasteiger charge is -2.18. The Morgan fingerprint density at radius 3 is 2.07 bits per heavy atom. The van der Waals surface area contributed by atoms with Crippen molar-refractivity contribution in [3.8, 4) is 27.9 Å². The maximum atomic E-state index is 15.8. The number of rotatable bonds is 3. The van der Waals surface area contributed by atoms with Crippen LogP contribution in [0, 0.1) is 0 Å². The molecule has 1 unspecified atom stereocenters. The number of hydrogen-bond donors (Lipinski definition) is 0. The minimum Gasteiger partial charge on any atom is -0.456 e. The first kappa shape index (κ1) is 25.7. The fourth-order valence-corrected chi connectivity index (χ4v) is 10.9. The zero-order chi connectivity index (χ0) is 30.4. The molecule has 0 saturated carbocycles. The van der Waals surface area contributed by atoms with Crippen LogP contribution < -0.4 is 15.9 Å². The summed E-state index contributed by atoms with van der Waals surface area (Å²) >= 11 is 0. The van der Waals surface area contributed by atoms with Crippen molar-refractivity contribution in [1.82, 2.24) is 4.57 Å². The van der Waals surface area contributed by atoms with Gasteiger partial charge in [-0.1, -0.05) is 127 Å². The number of para-hydroxylation sites is 2. The Morgan fingerprint density at radius 2 is 1.20 bits per heavy atom. The smallest absolute Gasteiger partial charge is 0.174 e. The van der Waals surface area contributed by atoms with Crippen LogP contribution in [-0.4, -0.2) is 4.57 Å². The Labute approximate surface area is 265 Å². The Morgan fingerprint density at radius 1 is 0.500 bits per heavy atom. The van der Waals surface area contributed by atoms with Gasteiger partial charge in [-0.05, 0) is 52.6 Å². The van der Waals surface area contributed by atoms with E-state index in [4.69, 9.17) is 4.42 Å². The molecule has 1 atom stereocenters. The highest BCUT2D eigenvalue weighted by atomic mass is 31.2. The van der Waals surface area contributed by atoms with Crippen LogP contribution in [0.2, 0.25) is 0 Å². The van der Waals surface area contributed by atoms with E-state index in [-0.39, 0.29) is 0 Å². The standard InChI is InChI=1S/C42H26NO2P/c44-46(29-11-2-1-3-12-29)39-20-9-6-14-32(39)34-26-25-33-31-13-4-7-17-36(31)43(41(33)42(34)46)28-23-21-27(22-24-28)30-16-10-19-38-40(30)35-15-5-8-18-37(35)45-38/h1-26H. The van der Waals surface area contributed by atoms with Crippen molar-refractivity contribution in [2.75, 3.05) is 0 Å². The minimum absolute atomic E-state index is 0.862. The largest absolute Gasteiger partial charge is 0.456 e. The molecule has 0 bridgehead atoms. The van der Waals surface area contributed by atoms with E-state index in [1.807, 2.05) is 60.7 Å². The summed E-state index contributed by atoms with van der Waals surface area (Å²) in [4.78, 5) is 0. The highest BCUT2D eigenvalue weighted by Gasteiger charge is 2.42. The minimum atomic E-state index is -3.18. The monoisotopic (exact) mass is 607 g/mol. The lowest BCUT2D eigenvalue weighted by molar-refractivity contribution is 0.593. The summed E-state index contributed by atoms with van der Waals surface area (Å²) in [5.74, 6) is 0. The second-order valence-corrected chi connectivity index (χ2v) is 14.7. The average molecular weight is 608 g/mol. The number of furan rings is 1. The molecular weight excluding hydrogens is 581 g/mol. The zero-order valence-electron chi connectivity index (χ0n) is 24.7. The van der Waals surface area contributed by atoms with Crippen molar-refractivity contribution in [1.29, 1.82) is 0 Å². The molecule has 1 aliphatic heterocycles. The summed E-state index contributed by atoms with van der Waals surface area (Å²) in [5.41, 5.74) is 9.28. The molecule has 4 heteroatoms. The summed E-state index contributed by atoms with van der Waals surface area (Å²) in [7, 11) is -3.18. The molecule has 0 amide bonds. The molecule has 0 radical (unpaired) electrons. The van der Waals surface area contributed by atoms with Gasteiger partial charge in [-0.25, -0.2) is 0 Å². The fourth-order valence-electron chi connectivity index (χ4n) is 7.65. The van der Waals surface area contributed by atoms with Crippen molar-refractivity contribution in [2.45, 2.75) is 0 Å². The zero-order valence-corrected chi connectivity index (χ0v) is 25.6. The van der Waals surface area contributed by atoms with E-state index in [2.05, 4.69) is 102 Å². The Hall–Kier alpha value is -5.63. The maximum Gasteiger partial charge on any atom is 0.174 e. The number of nitrogens with zero attached hydrogens (tertiary/aromatic N) is 1. The van der Waals surface area contributed by atoms with E-state index < -0.39 is 7.14 Å². The molecule has 46 heavy (non-hydrogen) atoms. The van der Waals surface area contributed by atoms with E-state index in [9.17, 15) is 0 Å². The second-order valence-electron chi connectivity index (χ2n) is 12.0. The van der Waals surface area contributed by atoms with Gasteiger partial charge in [0.2, 0.25) is 0 Å². The number of benzene rings is 7. The third-order valence-corrected chi connectivity index (χ3v) is 12.8. The van der Waals surface area contributed by atoms with Gasteiger partial charge < -0.3 is 13.5 Å². The van der Waals surface area contributed by atoms with E-state index in [1.165, 1.54) is 0 Å². The van der Waals surface area contributed by atoms with Crippen LogP contribution in [0.5, 0.6) is 0 Å². The third-order valence-electron chi connectivity index (χ3n) is 9.62. The van der Waals surface area contributed by atoms with Crippen molar-refractivity contribution in [3.05, 3.63) is 158 Å². The molecule has 0 fully saturated rings. The molecule has 2 aromatic heterocycles. The number of fused-ring (bicyclic) bond motifs is 10. The molecule has 216 valence electrons. The lowest BCUT2D eigenvalue weighted by Crippen LogP contribution is -2.22. The predicted octanol–water partition coefficient (Wildman–Crippen LogP) is 9.97.